The van der Waals surface area contributed by atoms with Crippen molar-refractivity contribution in [1.82, 2.24) is 9.88 Å². The van der Waals surface area contributed by atoms with Gasteiger partial charge in [-0.1, -0.05) is 32.0 Å². The van der Waals surface area contributed by atoms with Crippen molar-refractivity contribution in [3.63, 3.8) is 0 Å². The van der Waals surface area contributed by atoms with Gasteiger partial charge < -0.3 is 4.98 Å². The van der Waals surface area contributed by atoms with E-state index in [9.17, 15) is 0 Å². The number of nitrogens with zero attached hydrogens (tertiary/aromatic N) is 1. The molecule has 0 spiro atoms. The number of H-pyrrole nitrogens is 1. The van der Waals surface area contributed by atoms with Gasteiger partial charge in [-0.2, -0.15) is 0 Å². The first-order chi connectivity index (χ1) is 11.3. The number of aromatic amines is 1. The predicted molar refractivity (Wildman–Crippen MR) is 97.8 cm³/mol. The van der Waals surface area contributed by atoms with Crippen LogP contribution < -0.4 is 0 Å². The first-order valence-electron chi connectivity index (χ1n) is 9.63. The second-order valence-electron chi connectivity index (χ2n) is 7.68. The number of rotatable bonds is 6. The molecule has 23 heavy (non-hydrogen) atoms. The third-order valence-corrected chi connectivity index (χ3v) is 6.30. The minimum Gasteiger partial charge on any atom is -0.361 e. The SMILES string of the molecule is CCCN(CCC)[C@H]1[C@H]2CC[C@H](C2)[C@@H]1c1c[nH]c2ccccc12. The fourth-order valence-corrected chi connectivity index (χ4v) is 5.58. The molecule has 4 rings (SSSR count). The van der Waals surface area contributed by atoms with E-state index in [1.807, 2.05) is 0 Å². The summed E-state index contributed by atoms with van der Waals surface area (Å²) in [5.41, 5.74) is 2.90. The lowest BCUT2D eigenvalue weighted by Crippen LogP contribution is -2.44. The maximum Gasteiger partial charge on any atom is 0.0456 e. The first-order valence-corrected chi connectivity index (χ1v) is 9.63. The molecule has 1 aromatic heterocycles. The summed E-state index contributed by atoms with van der Waals surface area (Å²) in [7, 11) is 0. The molecule has 0 radical (unpaired) electrons. The average molecular weight is 310 g/mol. The van der Waals surface area contributed by atoms with Crippen molar-refractivity contribution in [3.8, 4) is 0 Å². The summed E-state index contributed by atoms with van der Waals surface area (Å²) >= 11 is 0. The zero-order chi connectivity index (χ0) is 15.8. The Hall–Kier alpha value is -1.28. The fraction of sp³-hybridized carbons (Fsp3) is 0.619. The highest BCUT2D eigenvalue weighted by atomic mass is 15.2. The minimum atomic E-state index is 0.739. The van der Waals surface area contributed by atoms with E-state index in [0.29, 0.717) is 0 Å². The summed E-state index contributed by atoms with van der Waals surface area (Å²) in [5, 5.41) is 1.46. The molecule has 0 amide bonds. The van der Waals surface area contributed by atoms with Crippen LogP contribution >= 0.6 is 0 Å². The molecule has 2 nitrogen and oxygen atoms in total. The second-order valence-corrected chi connectivity index (χ2v) is 7.68. The normalized spacial score (nSPS) is 29.9. The van der Waals surface area contributed by atoms with E-state index in [1.54, 1.807) is 5.56 Å². The van der Waals surface area contributed by atoms with Gasteiger partial charge in [0.2, 0.25) is 0 Å². The van der Waals surface area contributed by atoms with Crippen LogP contribution in [0.5, 0.6) is 0 Å². The molecule has 2 aromatic rings. The van der Waals surface area contributed by atoms with E-state index >= 15 is 0 Å². The third kappa shape index (κ3) is 2.52. The van der Waals surface area contributed by atoms with Crippen molar-refractivity contribution >= 4 is 10.9 Å². The minimum absolute atomic E-state index is 0.739. The number of aromatic nitrogens is 1. The van der Waals surface area contributed by atoms with Gasteiger partial charge in [-0.15, -0.1) is 0 Å². The van der Waals surface area contributed by atoms with Gasteiger partial charge in [-0.05, 0) is 68.7 Å². The zero-order valence-electron chi connectivity index (χ0n) is 14.6. The van der Waals surface area contributed by atoms with Gasteiger partial charge in [-0.25, -0.2) is 0 Å². The zero-order valence-corrected chi connectivity index (χ0v) is 14.6. The third-order valence-electron chi connectivity index (χ3n) is 6.30. The quantitative estimate of drug-likeness (QED) is 0.779. The van der Waals surface area contributed by atoms with Gasteiger partial charge in [0.1, 0.15) is 0 Å². The van der Waals surface area contributed by atoms with E-state index in [4.69, 9.17) is 0 Å². The van der Waals surface area contributed by atoms with Gasteiger partial charge in [0.15, 0.2) is 0 Å². The van der Waals surface area contributed by atoms with Gasteiger partial charge in [0.05, 0.1) is 0 Å². The second kappa shape index (κ2) is 6.32. The number of hydrogen-bond acceptors (Lipinski definition) is 1. The molecule has 0 saturated heterocycles. The molecular weight excluding hydrogens is 280 g/mol. The molecule has 2 bridgehead atoms. The molecule has 0 aliphatic heterocycles. The van der Waals surface area contributed by atoms with Crippen molar-refractivity contribution in [2.45, 2.75) is 57.9 Å². The molecule has 124 valence electrons. The highest BCUT2D eigenvalue weighted by molar-refractivity contribution is 5.83. The molecule has 2 aliphatic rings. The predicted octanol–water partition coefficient (Wildman–Crippen LogP) is 5.17. The van der Waals surface area contributed by atoms with Gasteiger partial charge >= 0.3 is 0 Å². The lowest BCUT2D eigenvalue weighted by atomic mass is 9.78. The number of nitrogens with one attached hydrogen (secondary N) is 1. The Balaban J connectivity index is 1.72. The molecular formula is C21H30N2. The van der Waals surface area contributed by atoms with Crippen LogP contribution in [0.25, 0.3) is 10.9 Å². The molecule has 2 saturated carbocycles. The Kier molecular flexibility index (Phi) is 4.19. The molecule has 1 N–H and O–H groups in total. The summed E-state index contributed by atoms with van der Waals surface area (Å²) < 4.78 is 0. The van der Waals surface area contributed by atoms with E-state index in [1.165, 1.54) is 56.1 Å². The fourth-order valence-electron chi connectivity index (χ4n) is 5.58. The van der Waals surface area contributed by atoms with Crippen LogP contribution in [-0.2, 0) is 0 Å². The van der Waals surface area contributed by atoms with Crippen molar-refractivity contribution in [1.29, 1.82) is 0 Å². The Morgan fingerprint density at radius 3 is 2.57 bits per heavy atom. The highest BCUT2D eigenvalue weighted by Gasteiger charge is 2.50. The standard InChI is InChI=1S/C21H30N2/c1-3-11-23(12-4-2)21-16-10-9-15(13-16)20(21)18-14-22-19-8-6-5-7-17(18)19/h5-8,14-16,20-22H,3-4,9-13H2,1-2H3/t15-,16+,20-,21+/m1/s1. The topological polar surface area (TPSA) is 19.0 Å². The number of hydrogen-bond donors (Lipinski definition) is 1. The van der Waals surface area contributed by atoms with Crippen molar-refractivity contribution < 1.29 is 0 Å². The van der Waals surface area contributed by atoms with Crippen LogP contribution in [0.3, 0.4) is 0 Å². The van der Waals surface area contributed by atoms with E-state index in [0.717, 1.165) is 23.8 Å². The van der Waals surface area contributed by atoms with Crippen LogP contribution in [-0.4, -0.2) is 29.0 Å². The Morgan fingerprint density at radius 1 is 1.04 bits per heavy atom. The first kappa shape index (κ1) is 15.3. The van der Waals surface area contributed by atoms with Crippen LogP contribution in [0.2, 0.25) is 0 Å². The summed E-state index contributed by atoms with van der Waals surface area (Å²) in [6.07, 6.45) is 9.22. The maximum absolute atomic E-state index is 3.53. The van der Waals surface area contributed by atoms with Crippen LogP contribution in [0.4, 0.5) is 0 Å². The number of benzene rings is 1. The summed E-state index contributed by atoms with van der Waals surface area (Å²) in [4.78, 5) is 6.36. The van der Waals surface area contributed by atoms with Crippen LogP contribution in [0.1, 0.15) is 57.4 Å². The molecule has 1 heterocycles. The largest absolute Gasteiger partial charge is 0.361 e. The van der Waals surface area contributed by atoms with E-state index in [2.05, 4.69) is 54.2 Å². The summed E-state index contributed by atoms with van der Waals surface area (Å²) in [6.45, 7) is 7.19. The molecule has 4 atom stereocenters. The number of fused-ring (bicyclic) bond motifs is 3. The molecule has 1 aromatic carbocycles. The Bertz CT molecular complexity index is 653. The van der Waals surface area contributed by atoms with Gasteiger partial charge in [0.25, 0.3) is 0 Å². The molecule has 0 unspecified atom stereocenters. The highest BCUT2D eigenvalue weighted by Crippen LogP contribution is 2.55. The van der Waals surface area contributed by atoms with Crippen molar-refractivity contribution in [2.24, 2.45) is 11.8 Å². The van der Waals surface area contributed by atoms with Crippen LogP contribution in [0, 0.1) is 11.8 Å². The molecule has 2 aliphatic carbocycles. The van der Waals surface area contributed by atoms with Gasteiger partial charge in [-0.3, -0.25) is 4.90 Å². The summed E-state index contributed by atoms with van der Waals surface area (Å²) in [5.74, 6) is 2.57. The van der Waals surface area contributed by atoms with E-state index in [-0.39, 0.29) is 0 Å². The average Bonchev–Trinajstić information content (AvgIpc) is 3.28. The Labute approximate surface area is 140 Å². The molecule has 2 heteroatoms. The number of para-hydroxylation sites is 1. The lowest BCUT2D eigenvalue weighted by molar-refractivity contribution is 0.124. The Morgan fingerprint density at radius 2 is 1.78 bits per heavy atom. The monoisotopic (exact) mass is 310 g/mol. The van der Waals surface area contributed by atoms with Crippen LogP contribution in [0.15, 0.2) is 30.5 Å². The van der Waals surface area contributed by atoms with Gasteiger partial charge in [0, 0.05) is 29.1 Å². The lowest BCUT2D eigenvalue weighted by Gasteiger charge is -2.40. The van der Waals surface area contributed by atoms with Crippen molar-refractivity contribution in [3.05, 3.63) is 36.0 Å². The molecule has 2 fully saturated rings. The summed E-state index contributed by atoms with van der Waals surface area (Å²) in [6, 6.07) is 9.64. The maximum atomic E-state index is 3.53. The van der Waals surface area contributed by atoms with E-state index < -0.39 is 0 Å². The smallest absolute Gasteiger partial charge is 0.0456 e. The van der Waals surface area contributed by atoms with Crippen molar-refractivity contribution in [2.75, 3.05) is 13.1 Å².